The molecule has 1 aliphatic rings. The van der Waals surface area contributed by atoms with Crippen LogP contribution < -0.4 is 5.32 Å². The van der Waals surface area contributed by atoms with Crippen molar-refractivity contribution in [3.05, 3.63) is 34.9 Å². The molecule has 1 aliphatic heterocycles. The topological polar surface area (TPSA) is 29.1 Å². The van der Waals surface area contributed by atoms with Gasteiger partial charge >= 0.3 is 0 Å². The second kappa shape index (κ2) is 5.46. The molecular weight excluding hydrogens is 222 g/mol. The lowest BCUT2D eigenvalue weighted by Gasteiger charge is -2.22. The van der Waals surface area contributed by atoms with Crippen molar-refractivity contribution in [2.24, 2.45) is 0 Å². The van der Waals surface area contributed by atoms with Crippen LogP contribution in [0.2, 0.25) is 5.02 Å². The van der Waals surface area contributed by atoms with Gasteiger partial charge in [-0.05, 0) is 43.7 Å². The molecule has 0 aliphatic carbocycles. The van der Waals surface area contributed by atoms with Gasteiger partial charge in [-0.3, -0.25) is 4.79 Å². The predicted octanol–water partition coefficient (Wildman–Crippen LogP) is 3.05. The molecule has 1 atom stereocenters. The Bertz CT molecular complexity index is 355. The summed E-state index contributed by atoms with van der Waals surface area (Å²) >= 11 is 5.78. The predicted molar refractivity (Wildman–Crippen MR) is 66.0 cm³/mol. The number of hydrogen-bond acceptors (Lipinski definition) is 2. The lowest BCUT2D eigenvalue weighted by molar-refractivity contribution is 0.0964. The quantitative estimate of drug-likeness (QED) is 0.819. The summed E-state index contributed by atoms with van der Waals surface area (Å²) in [7, 11) is 0. The minimum atomic E-state index is 0.205. The molecule has 0 amide bonds. The van der Waals surface area contributed by atoms with Gasteiger partial charge in [0.25, 0.3) is 0 Å². The number of halogens is 1. The molecule has 3 heteroatoms. The van der Waals surface area contributed by atoms with Crippen molar-refractivity contribution < 1.29 is 4.79 Å². The van der Waals surface area contributed by atoms with E-state index in [1.807, 2.05) is 0 Å². The molecule has 2 nitrogen and oxygen atoms in total. The molecule has 1 aromatic rings. The van der Waals surface area contributed by atoms with E-state index in [9.17, 15) is 4.79 Å². The van der Waals surface area contributed by atoms with Crippen LogP contribution in [-0.4, -0.2) is 18.4 Å². The van der Waals surface area contributed by atoms with E-state index in [0.29, 0.717) is 17.5 Å². The Kier molecular flexibility index (Phi) is 3.97. The van der Waals surface area contributed by atoms with Crippen molar-refractivity contribution >= 4 is 17.4 Å². The molecule has 0 saturated carbocycles. The van der Waals surface area contributed by atoms with Crippen molar-refractivity contribution in [1.82, 2.24) is 5.32 Å². The highest BCUT2D eigenvalue weighted by Crippen LogP contribution is 2.15. The molecule has 0 radical (unpaired) electrons. The fraction of sp³-hybridized carbons (Fsp3) is 0.462. The third kappa shape index (κ3) is 3.06. The lowest BCUT2D eigenvalue weighted by atomic mass is 9.97. The zero-order valence-corrected chi connectivity index (χ0v) is 9.96. The second-order valence-electron chi connectivity index (χ2n) is 4.28. The Morgan fingerprint density at radius 1 is 1.31 bits per heavy atom. The van der Waals surface area contributed by atoms with E-state index >= 15 is 0 Å². The zero-order chi connectivity index (χ0) is 11.4. The molecule has 1 fully saturated rings. The maximum Gasteiger partial charge on any atom is 0.164 e. The second-order valence-corrected chi connectivity index (χ2v) is 4.72. The number of benzene rings is 1. The smallest absolute Gasteiger partial charge is 0.164 e. The first-order chi connectivity index (χ1) is 7.75. The van der Waals surface area contributed by atoms with Gasteiger partial charge in [0.05, 0.1) is 0 Å². The molecule has 1 heterocycles. The van der Waals surface area contributed by atoms with E-state index in [4.69, 9.17) is 11.6 Å². The van der Waals surface area contributed by atoms with Gasteiger partial charge in [0.2, 0.25) is 0 Å². The summed E-state index contributed by atoms with van der Waals surface area (Å²) < 4.78 is 0. The molecule has 1 saturated heterocycles. The first-order valence-corrected chi connectivity index (χ1v) is 6.15. The van der Waals surface area contributed by atoms with Crippen molar-refractivity contribution in [2.75, 3.05) is 6.54 Å². The van der Waals surface area contributed by atoms with Gasteiger partial charge in [-0.15, -0.1) is 0 Å². The number of carbonyl (C=O) groups is 1. The third-order valence-electron chi connectivity index (χ3n) is 3.01. The van der Waals surface area contributed by atoms with Gasteiger partial charge in [0.15, 0.2) is 5.78 Å². The Morgan fingerprint density at radius 2 is 2.06 bits per heavy atom. The van der Waals surface area contributed by atoms with Gasteiger partial charge < -0.3 is 5.32 Å². The largest absolute Gasteiger partial charge is 0.314 e. The molecule has 86 valence electrons. The van der Waals surface area contributed by atoms with E-state index in [1.165, 1.54) is 12.8 Å². The maximum absolute atomic E-state index is 11.9. The fourth-order valence-electron chi connectivity index (χ4n) is 2.08. The molecule has 0 aromatic heterocycles. The van der Waals surface area contributed by atoms with Crippen LogP contribution in [0, 0.1) is 0 Å². The van der Waals surface area contributed by atoms with Crippen LogP contribution >= 0.6 is 11.6 Å². The van der Waals surface area contributed by atoms with Crippen LogP contribution in [0.25, 0.3) is 0 Å². The number of carbonyl (C=O) groups excluding carboxylic acids is 1. The molecule has 0 spiro atoms. The van der Waals surface area contributed by atoms with Crippen molar-refractivity contribution in [3.63, 3.8) is 0 Å². The summed E-state index contributed by atoms with van der Waals surface area (Å²) in [5, 5.41) is 4.06. The minimum Gasteiger partial charge on any atom is -0.314 e. The number of nitrogens with one attached hydrogen (secondary N) is 1. The fourth-order valence-corrected chi connectivity index (χ4v) is 2.20. The van der Waals surface area contributed by atoms with Crippen LogP contribution in [0.1, 0.15) is 36.0 Å². The van der Waals surface area contributed by atoms with Crippen molar-refractivity contribution in [2.45, 2.75) is 31.7 Å². The zero-order valence-electron chi connectivity index (χ0n) is 9.21. The molecular formula is C13H16ClNO. The summed E-state index contributed by atoms with van der Waals surface area (Å²) in [5.74, 6) is 0.205. The SMILES string of the molecule is O=C(CC1CCCCN1)c1ccc(Cl)cc1. The maximum atomic E-state index is 11.9. The first-order valence-electron chi connectivity index (χ1n) is 5.78. The van der Waals surface area contributed by atoms with Crippen LogP contribution in [0.3, 0.4) is 0 Å². The standard InChI is InChI=1S/C13H16ClNO/c14-11-6-4-10(5-7-11)13(16)9-12-3-1-2-8-15-12/h4-7,12,15H,1-3,8-9H2. The Hall–Kier alpha value is -0.860. The molecule has 1 aromatic carbocycles. The van der Waals surface area contributed by atoms with E-state index in [0.717, 1.165) is 18.5 Å². The Labute approximate surface area is 101 Å². The van der Waals surface area contributed by atoms with Gasteiger partial charge in [-0.1, -0.05) is 18.0 Å². The monoisotopic (exact) mass is 237 g/mol. The average molecular weight is 238 g/mol. The van der Waals surface area contributed by atoms with Crippen LogP contribution in [0.5, 0.6) is 0 Å². The van der Waals surface area contributed by atoms with Gasteiger partial charge in [-0.2, -0.15) is 0 Å². The Balaban J connectivity index is 1.94. The highest BCUT2D eigenvalue weighted by atomic mass is 35.5. The molecule has 16 heavy (non-hydrogen) atoms. The van der Waals surface area contributed by atoms with E-state index in [1.54, 1.807) is 24.3 Å². The van der Waals surface area contributed by atoms with Crippen molar-refractivity contribution in [1.29, 1.82) is 0 Å². The van der Waals surface area contributed by atoms with Gasteiger partial charge in [-0.25, -0.2) is 0 Å². The number of ketones is 1. The van der Waals surface area contributed by atoms with Gasteiger partial charge in [0.1, 0.15) is 0 Å². The Morgan fingerprint density at radius 3 is 2.69 bits per heavy atom. The summed E-state index contributed by atoms with van der Waals surface area (Å²) in [5.41, 5.74) is 0.761. The van der Waals surface area contributed by atoms with Crippen LogP contribution in [0.4, 0.5) is 0 Å². The number of piperidine rings is 1. The molecule has 0 bridgehead atoms. The number of hydrogen-bond donors (Lipinski definition) is 1. The number of Topliss-reactive ketones (excluding diaryl/α,β-unsaturated/α-hetero) is 1. The summed E-state index contributed by atoms with van der Waals surface area (Å²) in [6, 6.07) is 7.49. The highest BCUT2D eigenvalue weighted by molar-refractivity contribution is 6.30. The van der Waals surface area contributed by atoms with E-state index < -0.39 is 0 Å². The third-order valence-corrected chi connectivity index (χ3v) is 3.26. The lowest BCUT2D eigenvalue weighted by Crippen LogP contribution is -2.35. The summed E-state index contributed by atoms with van der Waals surface area (Å²) in [4.78, 5) is 11.9. The van der Waals surface area contributed by atoms with E-state index in [2.05, 4.69) is 5.32 Å². The molecule has 1 N–H and O–H groups in total. The number of rotatable bonds is 3. The average Bonchev–Trinajstić information content (AvgIpc) is 2.31. The highest BCUT2D eigenvalue weighted by Gasteiger charge is 2.17. The normalized spacial score (nSPS) is 20.7. The van der Waals surface area contributed by atoms with Crippen molar-refractivity contribution in [3.8, 4) is 0 Å². The first kappa shape index (κ1) is 11.6. The van der Waals surface area contributed by atoms with Crippen LogP contribution in [0.15, 0.2) is 24.3 Å². The summed E-state index contributed by atoms with van der Waals surface area (Å²) in [6.07, 6.45) is 4.16. The summed E-state index contributed by atoms with van der Waals surface area (Å²) in [6.45, 7) is 1.04. The minimum absolute atomic E-state index is 0.205. The van der Waals surface area contributed by atoms with Crippen LogP contribution in [-0.2, 0) is 0 Å². The molecule has 2 rings (SSSR count). The van der Waals surface area contributed by atoms with E-state index in [-0.39, 0.29) is 5.78 Å². The molecule has 1 unspecified atom stereocenters. The van der Waals surface area contributed by atoms with Gasteiger partial charge in [0, 0.05) is 23.0 Å².